The summed E-state index contributed by atoms with van der Waals surface area (Å²) in [6, 6.07) is 3.27. The number of aromatic carboxylic acids is 1. The Morgan fingerprint density at radius 1 is 1.07 bits per heavy atom. The molecule has 1 aromatic rings. The zero-order chi connectivity index (χ0) is 21.3. The van der Waals surface area contributed by atoms with E-state index in [9.17, 15) is 29.4 Å². The van der Waals surface area contributed by atoms with Gasteiger partial charge in [-0.3, -0.25) is 0 Å². The molecule has 2 N–H and O–H groups in total. The average Bonchev–Trinajstić information content (AvgIpc) is 2.67. The van der Waals surface area contributed by atoms with Gasteiger partial charge in [-0.2, -0.15) is 0 Å². The summed E-state index contributed by atoms with van der Waals surface area (Å²) < 4.78 is 14.4. The van der Waals surface area contributed by atoms with Gasteiger partial charge in [0.1, 0.15) is 25.9 Å². The number of carbonyl (C=O) groups excluding carboxylic acids is 3. The maximum atomic E-state index is 12.0. The number of rotatable bonds is 10. The maximum absolute atomic E-state index is 12.0. The highest BCUT2D eigenvalue weighted by Crippen LogP contribution is 2.15. The normalized spacial score (nSPS) is 11.1. The molecule has 0 spiro atoms. The fourth-order valence-electron chi connectivity index (χ4n) is 1.84. The molecule has 9 heteroatoms. The van der Waals surface area contributed by atoms with E-state index < -0.39 is 48.8 Å². The Hall–Kier alpha value is -3.46. The second-order valence-corrected chi connectivity index (χ2v) is 5.58. The van der Waals surface area contributed by atoms with Gasteiger partial charge < -0.3 is 24.4 Å². The van der Waals surface area contributed by atoms with E-state index in [4.69, 9.17) is 14.2 Å². The molecule has 1 atom stereocenters. The topological polar surface area (TPSA) is 136 Å². The lowest BCUT2D eigenvalue weighted by Crippen LogP contribution is -2.25. The first kappa shape index (κ1) is 22.6. The maximum Gasteiger partial charge on any atom is 0.339 e. The second-order valence-electron chi connectivity index (χ2n) is 5.58. The molecule has 0 aliphatic carbocycles. The number of aliphatic hydroxyl groups excluding tert-OH is 1. The Bertz CT molecular complexity index is 795. The molecule has 1 rings (SSSR count). The van der Waals surface area contributed by atoms with E-state index >= 15 is 0 Å². The van der Waals surface area contributed by atoms with Crippen LogP contribution in [0.4, 0.5) is 0 Å². The van der Waals surface area contributed by atoms with Gasteiger partial charge in [0, 0.05) is 5.57 Å². The van der Waals surface area contributed by atoms with Gasteiger partial charge in [-0.25, -0.2) is 19.2 Å². The molecule has 9 nitrogen and oxygen atoms in total. The van der Waals surface area contributed by atoms with E-state index in [-0.39, 0.29) is 23.3 Å². The van der Waals surface area contributed by atoms with Crippen LogP contribution in [0.25, 0.3) is 0 Å². The largest absolute Gasteiger partial charge is 0.478 e. The fraction of sp³-hybridized carbons (Fsp3) is 0.263. The van der Waals surface area contributed by atoms with Gasteiger partial charge in [0.2, 0.25) is 0 Å². The lowest BCUT2D eigenvalue weighted by atomic mass is 10.0. The molecule has 0 aliphatic heterocycles. The van der Waals surface area contributed by atoms with E-state index in [1.165, 1.54) is 19.1 Å². The van der Waals surface area contributed by atoms with Crippen molar-refractivity contribution in [2.75, 3.05) is 19.8 Å². The Labute approximate surface area is 160 Å². The number of hydrogen-bond donors (Lipinski definition) is 2. The van der Waals surface area contributed by atoms with E-state index in [0.717, 1.165) is 12.1 Å². The number of carboxylic acid groups (broad SMARTS) is 1. The van der Waals surface area contributed by atoms with Gasteiger partial charge in [0.05, 0.1) is 16.7 Å². The van der Waals surface area contributed by atoms with Crippen molar-refractivity contribution in [1.29, 1.82) is 0 Å². The predicted octanol–water partition coefficient (Wildman–Crippen LogP) is 1.36. The van der Waals surface area contributed by atoms with Crippen molar-refractivity contribution >= 4 is 23.9 Å². The highest BCUT2D eigenvalue weighted by atomic mass is 16.6. The van der Waals surface area contributed by atoms with Gasteiger partial charge in [-0.15, -0.1) is 0 Å². The minimum Gasteiger partial charge on any atom is -0.478 e. The van der Waals surface area contributed by atoms with E-state index in [1.807, 2.05) is 0 Å². The van der Waals surface area contributed by atoms with Crippen LogP contribution in [-0.4, -0.2) is 60.0 Å². The van der Waals surface area contributed by atoms with Gasteiger partial charge in [-0.1, -0.05) is 19.2 Å². The summed E-state index contributed by atoms with van der Waals surface area (Å²) in [5, 5.41) is 18.9. The summed E-state index contributed by atoms with van der Waals surface area (Å²) in [6.45, 7) is 7.19. The third-order valence-corrected chi connectivity index (χ3v) is 3.20. The highest BCUT2D eigenvalue weighted by molar-refractivity contribution is 6.04. The van der Waals surface area contributed by atoms with Crippen molar-refractivity contribution in [3.63, 3.8) is 0 Å². The Morgan fingerprint density at radius 2 is 1.71 bits per heavy atom. The van der Waals surface area contributed by atoms with Crippen molar-refractivity contribution in [2.45, 2.75) is 13.0 Å². The lowest BCUT2D eigenvalue weighted by Gasteiger charge is -2.12. The summed E-state index contributed by atoms with van der Waals surface area (Å²) in [5.41, 5.74) is -0.682. The zero-order valence-electron chi connectivity index (χ0n) is 15.2. The molecule has 0 radical (unpaired) electrons. The van der Waals surface area contributed by atoms with Crippen molar-refractivity contribution in [3.8, 4) is 0 Å². The van der Waals surface area contributed by atoms with Crippen LogP contribution in [-0.2, 0) is 19.0 Å². The van der Waals surface area contributed by atoms with E-state index in [2.05, 4.69) is 13.2 Å². The number of hydrogen-bond acceptors (Lipinski definition) is 8. The Balaban J connectivity index is 2.77. The summed E-state index contributed by atoms with van der Waals surface area (Å²) in [4.78, 5) is 46.5. The summed E-state index contributed by atoms with van der Waals surface area (Å²) >= 11 is 0. The standard InChI is InChI=1S/C19H20O9/c1-4-7-26-19(25)14-6-5-12(8-15(14)16(21)22)18(24)28-10-13(20)9-27-17(23)11(2)3/h4-6,8,13,20H,1-2,7,9-10H2,3H3,(H,21,22). The number of esters is 3. The molecular formula is C19H20O9. The first-order chi connectivity index (χ1) is 13.2. The van der Waals surface area contributed by atoms with Crippen LogP contribution in [0.5, 0.6) is 0 Å². The molecule has 0 saturated heterocycles. The van der Waals surface area contributed by atoms with Crippen LogP contribution in [0.15, 0.2) is 43.0 Å². The van der Waals surface area contributed by atoms with Crippen LogP contribution in [0.3, 0.4) is 0 Å². The van der Waals surface area contributed by atoms with Crippen molar-refractivity contribution < 1.29 is 43.6 Å². The molecule has 0 heterocycles. The average molecular weight is 392 g/mol. The van der Waals surface area contributed by atoms with Crippen molar-refractivity contribution in [2.24, 2.45) is 0 Å². The van der Waals surface area contributed by atoms with Crippen LogP contribution >= 0.6 is 0 Å². The van der Waals surface area contributed by atoms with Gasteiger partial charge in [-0.05, 0) is 25.1 Å². The van der Waals surface area contributed by atoms with Gasteiger partial charge >= 0.3 is 23.9 Å². The summed E-state index contributed by atoms with van der Waals surface area (Å²) in [6.07, 6.45) is 0.0441. The molecule has 0 saturated carbocycles. The van der Waals surface area contributed by atoms with Gasteiger partial charge in [0.25, 0.3) is 0 Å². The number of aliphatic hydroxyl groups is 1. The third-order valence-electron chi connectivity index (χ3n) is 3.20. The minimum atomic E-state index is -1.44. The lowest BCUT2D eigenvalue weighted by molar-refractivity contribution is -0.142. The Morgan fingerprint density at radius 3 is 2.29 bits per heavy atom. The number of ether oxygens (including phenoxy) is 3. The van der Waals surface area contributed by atoms with Crippen LogP contribution in [0.2, 0.25) is 0 Å². The molecule has 150 valence electrons. The summed E-state index contributed by atoms with van der Waals surface area (Å²) in [5.74, 6) is -3.95. The number of carboxylic acids is 1. The fourth-order valence-corrected chi connectivity index (χ4v) is 1.84. The summed E-state index contributed by atoms with van der Waals surface area (Å²) in [7, 11) is 0. The van der Waals surface area contributed by atoms with Crippen LogP contribution in [0.1, 0.15) is 38.0 Å². The predicted molar refractivity (Wildman–Crippen MR) is 95.9 cm³/mol. The molecule has 0 aliphatic rings. The van der Waals surface area contributed by atoms with E-state index in [1.54, 1.807) is 0 Å². The monoisotopic (exact) mass is 392 g/mol. The number of carbonyl (C=O) groups is 4. The molecule has 1 aromatic carbocycles. The van der Waals surface area contributed by atoms with Gasteiger partial charge in [0.15, 0.2) is 0 Å². The third kappa shape index (κ3) is 6.69. The smallest absolute Gasteiger partial charge is 0.339 e. The van der Waals surface area contributed by atoms with Crippen molar-refractivity contribution in [3.05, 3.63) is 59.7 Å². The van der Waals surface area contributed by atoms with Crippen molar-refractivity contribution in [1.82, 2.24) is 0 Å². The minimum absolute atomic E-state index is 0.102. The van der Waals surface area contributed by atoms with Crippen LogP contribution < -0.4 is 0 Å². The molecule has 0 fully saturated rings. The van der Waals surface area contributed by atoms with Crippen LogP contribution in [0, 0.1) is 0 Å². The Kier molecular flexibility index (Phi) is 8.57. The molecule has 0 aromatic heterocycles. The molecule has 28 heavy (non-hydrogen) atoms. The second kappa shape index (κ2) is 10.6. The zero-order valence-corrected chi connectivity index (χ0v) is 15.2. The quantitative estimate of drug-likeness (QED) is 0.262. The SMILES string of the molecule is C=CCOC(=O)c1ccc(C(=O)OCC(O)COC(=O)C(=C)C)cc1C(=O)O. The molecule has 0 amide bonds. The first-order valence-electron chi connectivity index (χ1n) is 8.00. The highest BCUT2D eigenvalue weighted by Gasteiger charge is 2.21. The van der Waals surface area contributed by atoms with E-state index in [0.29, 0.717) is 0 Å². The number of benzene rings is 1. The molecule has 1 unspecified atom stereocenters. The first-order valence-corrected chi connectivity index (χ1v) is 8.00. The molecule has 0 bridgehead atoms. The molecular weight excluding hydrogens is 372 g/mol.